The van der Waals surface area contributed by atoms with Gasteiger partial charge in [-0.2, -0.15) is 0 Å². The third kappa shape index (κ3) is 1.59. The van der Waals surface area contributed by atoms with E-state index in [2.05, 4.69) is 0 Å². The first kappa shape index (κ1) is 9.08. The molecule has 12 heavy (non-hydrogen) atoms. The Morgan fingerprint density at radius 3 is 2.17 bits per heavy atom. The van der Waals surface area contributed by atoms with Gasteiger partial charge in [0, 0.05) is 5.56 Å². The van der Waals surface area contributed by atoms with Gasteiger partial charge < -0.3 is 0 Å². The van der Waals surface area contributed by atoms with Gasteiger partial charge in [0.15, 0.2) is 0 Å². The maximum Gasteiger partial charge on any atom is 0.253 e. The van der Waals surface area contributed by atoms with Crippen LogP contribution >= 0.6 is 8.46 Å². The predicted molar refractivity (Wildman–Crippen MR) is 47.9 cm³/mol. The molecule has 3 heteroatoms. The zero-order chi connectivity index (χ0) is 9.14. The summed E-state index contributed by atoms with van der Waals surface area (Å²) in [5.74, 6) is 0. The third-order valence-electron chi connectivity index (χ3n) is 1.78. The van der Waals surface area contributed by atoms with Crippen molar-refractivity contribution in [3.05, 3.63) is 34.9 Å². The first-order valence-corrected chi connectivity index (χ1v) is 4.42. The summed E-state index contributed by atoms with van der Waals surface area (Å²) in [6.07, 6.45) is 0. The average molecular weight is 180 g/mol. The van der Waals surface area contributed by atoms with Crippen LogP contribution in [0.2, 0.25) is 0 Å². The lowest BCUT2D eigenvalue weighted by Gasteiger charge is -2.02. The smallest absolute Gasteiger partial charge is 0.253 e. The van der Waals surface area contributed by atoms with E-state index in [1.165, 1.54) is 0 Å². The molecule has 0 spiro atoms. The largest absolute Gasteiger partial charge is 0.280 e. The number of benzene rings is 1. The SMILES string of the molecule is Cc1cccc(C)c1C(=O)P=O. The van der Waals surface area contributed by atoms with E-state index in [9.17, 15) is 9.36 Å². The van der Waals surface area contributed by atoms with Crippen LogP contribution in [-0.2, 0) is 4.57 Å². The van der Waals surface area contributed by atoms with Crippen molar-refractivity contribution < 1.29 is 9.36 Å². The molecule has 0 saturated heterocycles. The van der Waals surface area contributed by atoms with Gasteiger partial charge in [0.1, 0.15) is 0 Å². The van der Waals surface area contributed by atoms with Gasteiger partial charge in [-0.3, -0.25) is 9.36 Å². The van der Waals surface area contributed by atoms with Gasteiger partial charge in [0.05, 0.1) is 0 Å². The number of hydrogen-bond acceptors (Lipinski definition) is 2. The van der Waals surface area contributed by atoms with Crippen LogP contribution < -0.4 is 0 Å². The van der Waals surface area contributed by atoms with E-state index in [1.807, 2.05) is 32.0 Å². The van der Waals surface area contributed by atoms with Gasteiger partial charge in [-0.15, -0.1) is 0 Å². The van der Waals surface area contributed by atoms with Gasteiger partial charge in [-0.25, -0.2) is 0 Å². The predicted octanol–water partition coefficient (Wildman–Crippen LogP) is 2.74. The number of aryl methyl sites for hydroxylation is 2. The Morgan fingerprint density at radius 1 is 1.25 bits per heavy atom. The molecule has 0 unspecified atom stereocenters. The van der Waals surface area contributed by atoms with Crippen LogP contribution in [0.5, 0.6) is 0 Å². The molecule has 0 saturated carbocycles. The molecule has 0 amide bonds. The standard InChI is InChI=1S/C9H9O2P/c1-6-4-3-5-7(2)8(6)9(10)12-11/h3-5H,1-2H3. The zero-order valence-corrected chi connectivity index (χ0v) is 7.89. The van der Waals surface area contributed by atoms with Gasteiger partial charge in [-0.05, 0) is 25.0 Å². The summed E-state index contributed by atoms with van der Waals surface area (Å²) in [7, 11) is -0.435. The van der Waals surface area contributed by atoms with Crippen molar-refractivity contribution >= 4 is 14.0 Å². The van der Waals surface area contributed by atoms with Crippen molar-refractivity contribution in [2.75, 3.05) is 0 Å². The molecular formula is C9H9O2P. The van der Waals surface area contributed by atoms with Gasteiger partial charge in [0.2, 0.25) is 8.46 Å². The number of carbonyl (C=O) groups excluding carboxylic acids is 1. The highest BCUT2D eigenvalue weighted by Crippen LogP contribution is 2.18. The molecule has 0 aliphatic heterocycles. The Bertz CT molecular complexity index is 311. The van der Waals surface area contributed by atoms with E-state index in [-0.39, 0.29) is 5.52 Å². The molecule has 2 nitrogen and oxygen atoms in total. The van der Waals surface area contributed by atoms with Crippen molar-refractivity contribution in [3.8, 4) is 0 Å². The second-order valence-electron chi connectivity index (χ2n) is 2.66. The molecule has 0 aliphatic carbocycles. The van der Waals surface area contributed by atoms with E-state index >= 15 is 0 Å². The quantitative estimate of drug-likeness (QED) is 0.655. The molecular weight excluding hydrogens is 171 g/mol. The van der Waals surface area contributed by atoms with Crippen LogP contribution in [0, 0.1) is 13.8 Å². The van der Waals surface area contributed by atoms with Gasteiger partial charge in [0.25, 0.3) is 5.52 Å². The molecule has 0 atom stereocenters. The minimum Gasteiger partial charge on any atom is -0.280 e. The fourth-order valence-corrected chi connectivity index (χ4v) is 1.64. The molecule has 0 radical (unpaired) electrons. The van der Waals surface area contributed by atoms with Crippen LogP contribution in [0.15, 0.2) is 18.2 Å². The summed E-state index contributed by atoms with van der Waals surface area (Å²) in [6, 6.07) is 5.56. The third-order valence-corrected chi connectivity index (χ3v) is 2.17. The maximum absolute atomic E-state index is 11.1. The normalized spacial score (nSPS) is 10.2. The van der Waals surface area contributed by atoms with Gasteiger partial charge >= 0.3 is 0 Å². The summed E-state index contributed by atoms with van der Waals surface area (Å²) in [4.78, 5) is 11.1. The van der Waals surface area contributed by atoms with E-state index in [1.54, 1.807) is 0 Å². The highest BCUT2D eigenvalue weighted by molar-refractivity contribution is 7.47. The lowest BCUT2D eigenvalue weighted by molar-refractivity contribution is 0.108. The summed E-state index contributed by atoms with van der Waals surface area (Å²) in [6.45, 7) is 3.68. The van der Waals surface area contributed by atoms with Crippen molar-refractivity contribution in [2.45, 2.75) is 13.8 Å². The second-order valence-corrected chi connectivity index (χ2v) is 3.25. The number of carbonyl (C=O) groups is 1. The fourth-order valence-electron chi connectivity index (χ4n) is 1.20. The Morgan fingerprint density at radius 2 is 1.75 bits per heavy atom. The van der Waals surface area contributed by atoms with Crippen LogP contribution in [-0.4, -0.2) is 5.52 Å². The molecule has 0 N–H and O–H groups in total. The Hall–Kier alpha value is -1.01. The molecule has 0 bridgehead atoms. The Kier molecular flexibility index (Phi) is 2.72. The second kappa shape index (κ2) is 3.59. The highest BCUT2D eigenvalue weighted by atomic mass is 31.1. The van der Waals surface area contributed by atoms with Crippen molar-refractivity contribution in [3.63, 3.8) is 0 Å². The first-order valence-electron chi connectivity index (χ1n) is 3.60. The average Bonchev–Trinajstić information content (AvgIpc) is 2.03. The molecule has 0 aromatic heterocycles. The van der Waals surface area contributed by atoms with E-state index in [0.29, 0.717) is 5.56 Å². The van der Waals surface area contributed by atoms with Crippen LogP contribution in [0.3, 0.4) is 0 Å². The Labute approximate surface area is 72.8 Å². The summed E-state index contributed by atoms with van der Waals surface area (Å²) in [5.41, 5.74) is 1.99. The Balaban J connectivity index is 3.30. The molecule has 1 rings (SSSR count). The monoisotopic (exact) mass is 180 g/mol. The molecule has 1 aromatic carbocycles. The minimum atomic E-state index is -0.435. The van der Waals surface area contributed by atoms with Crippen molar-refractivity contribution in [1.82, 2.24) is 0 Å². The number of hydrogen-bond donors (Lipinski definition) is 0. The summed E-state index contributed by atoms with van der Waals surface area (Å²) < 4.78 is 10.4. The first-order chi connectivity index (χ1) is 5.66. The summed E-state index contributed by atoms with van der Waals surface area (Å²) >= 11 is 0. The van der Waals surface area contributed by atoms with Gasteiger partial charge in [-0.1, -0.05) is 18.2 Å². The van der Waals surface area contributed by atoms with E-state index < -0.39 is 8.46 Å². The van der Waals surface area contributed by atoms with Crippen LogP contribution in [0.4, 0.5) is 0 Å². The molecule has 0 aliphatic rings. The van der Waals surface area contributed by atoms with E-state index in [0.717, 1.165) is 11.1 Å². The van der Waals surface area contributed by atoms with Crippen LogP contribution in [0.1, 0.15) is 21.5 Å². The molecule has 62 valence electrons. The van der Waals surface area contributed by atoms with Crippen molar-refractivity contribution in [2.24, 2.45) is 0 Å². The lowest BCUT2D eigenvalue weighted by atomic mass is 10.0. The highest BCUT2D eigenvalue weighted by Gasteiger charge is 2.10. The lowest BCUT2D eigenvalue weighted by Crippen LogP contribution is -1.96. The topological polar surface area (TPSA) is 34.1 Å². The minimum absolute atomic E-state index is 0.342. The fraction of sp³-hybridized carbons (Fsp3) is 0.222. The zero-order valence-electron chi connectivity index (χ0n) is 7.00. The van der Waals surface area contributed by atoms with E-state index in [4.69, 9.17) is 0 Å². The van der Waals surface area contributed by atoms with Crippen molar-refractivity contribution in [1.29, 1.82) is 0 Å². The van der Waals surface area contributed by atoms with Crippen LogP contribution in [0.25, 0.3) is 0 Å². The number of rotatable bonds is 2. The molecule has 1 aromatic rings. The molecule has 0 fully saturated rings. The molecule has 0 heterocycles. The maximum atomic E-state index is 11.1. The summed E-state index contributed by atoms with van der Waals surface area (Å²) in [5, 5.41) is 0.